The van der Waals surface area contributed by atoms with Gasteiger partial charge in [0.25, 0.3) is 0 Å². The molecule has 8 heteroatoms. The SMILES string of the molecule is COC(=O)NC(C(=O)N1[C@H](C2=NC3=C(C2)c2cc4c(cc2CC3)-c2ccc(Cl)cc2OC4)C[C@@H]2CCC[C@@H]21)C(C)C. The van der Waals surface area contributed by atoms with Crippen LogP contribution in [0.5, 0.6) is 5.75 Å². The molecule has 2 amide bonds. The van der Waals surface area contributed by atoms with Crippen LogP contribution in [0.1, 0.15) is 69.1 Å². The molecule has 7 rings (SSSR count). The highest BCUT2D eigenvalue weighted by atomic mass is 35.5. The Morgan fingerprint density at radius 1 is 1.10 bits per heavy atom. The van der Waals surface area contributed by atoms with Crippen molar-refractivity contribution >= 4 is 34.9 Å². The van der Waals surface area contributed by atoms with E-state index in [4.69, 9.17) is 26.1 Å². The molecule has 3 heterocycles. The molecule has 1 N–H and O–H groups in total. The van der Waals surface area contributed by atoms with Crippen LogP contribution >= 0.6 is 11.6 Å². The highest BCUT2D eigenvalue weighted by Crippen LogP contribution is 2.48. The molecule has 4 atom stereocenters. The van der Waals surface area contributed by atoms with Crippen molar-refractivity contribution in [1.29, 1.82) is 0 Å². The summed E-state index contributed by atoms with van der Waals surface area (Å²) in [4.78, 5) is 33.6. The maximum Gasteiger partial charge on any atom is 0.407 e. The molecule has 2 aromatic rings. The van der Waals surface area contributed by atoms with Gasteiger partial charge in [0.1, 0.15) is 18.4 Å². The van der Waals surface area contributed by atoms with Gasteiger partial charge in [-0.3, -0.25) is 9.79 Å². The van der Waals surface area contributed by atoms with Gasteiger partial charge in [0.2, 0.25) is 5.91 Å². The third-order valence-electron chi connectivity index (χ3n) is 9.76. The van der Waals surface area contributed by atoms with E-state index in [0.717, 1.165) is 67.7 Å². The second kappa shape index (κ2) is 10.2. The summed E-state index contributed by atoms with van der Waals surface area (Å²) >= 11 is 6.22. The molecule has 0 bridgehead atoms. The number of benzene rings is 2. The van der Waals surface area contributed by atoms with Crippen LogP contribution in [0.15, 0.2) is 41.0 Å². The van der Waals surface area contributed by atoms with Crippen LogP contribution in [0, 0.1) is 11.8 Å². The van der Waals surface area contributed by atoms with Crippen molar-refractivity contribution in [2.45, 2.75) is 83.5 Å². The number of hydrogen-bond acceptors (Lipinski definition) is 5. The highest BCUT2D eigenvalue weighted by molar-refractivity contribution is 6.30. The van der Waals surface area contributed by atoms with Gasteiger partial charge in [0, 0.05) is 34.5 Å². The Balaban J connectivity index is 1.18. The fourth-order valence-electron chi connectivity index (χ4n) is 7.77. The van der Waals surface area contributed by atoms with E-state index in [1.807, 2.05) is 26.0 Å². The Labute approximate surface area is 245 Å². The molecular formula is C33H36ClN3O4. The van der Waals surface area contributed by atoms with Gasteiger partial charge in [-0.25, -0.2) is 4.79 Å². The molecule has 1 unspecified atom stereocenters. The average molecular weight is 574 g/mol. The quantitative estimate of drug-likeness (QED) is 0.450. The van der Waals surface area contributed by atoms with E-state index in [0.29, 0.717) is 17.5 Å². The number of aliphatic imine (C=N–C) groups is 1. The summed E-state index contributed by atoms with van der Waals surface area (Å²) < 4.78 is 10.9. The van der Waals surface area contributed by atoms with Gasteiger partial charge >= 0.3 is 6.09 Å². The number of likely N-dealkylation sites (tertiary alicyclic amines) is 1. The summed E-state index contributed by atoms with van der Waals surface area (Å²) in [5.74, 6) is 1.26. The number of hydrogen-bond donors (Lipinski definition) is 1. The zero-order valence-electron chi connectivity index (χ0n) is 23.8. The lowest BCUT2D eigenvalue weighted by molar-refractivity contribution is -0.136. The van der Waals surface area contributed by atoms with Gasteiger partial charge in [-0.1, -0.05) is 31.9 Å². The fourth-order valence-corrected chi connectivity index (χ4v) is 7.93. The number of methoxy groups -OCH3 is 1. The lowest BCUT2D eigenvalue weighted by Gasteiger charge is -2.34. The van der Waals surface area contributed by atoms with E-state index in [-0.39, 0.29) is 23.9 Å². The third kappa shape index (κ3) is 4.44. The number of allylic oxidation sites excluding steroid dienone is 2. The normalized spacial score (nSPS) is 24.6. The second-order valence-corrected chi connectivity index (χ2v) is 12.9. The van der Waals surface area contributed by atoms with Gasteiger partial charge in [0.15, 0.2) is 0 Å². The summed E-state index contributed by atoms with van der Waals surface area (Å²) in [6.07, 6.45) is 6.28. The number of alkyl carbamates (subject to hydrolysis) is 1. The van der Waals surface area contributed by atoms with Crippen molar-refractivity contribution in [3.05, 3.63) is 57.7 Å². The van der Waals surface area contributed by atoms with Crippen molar-refractivity contribution in [3.8, 4) is 16.9 Å². The number of nitrogens with zero attached hydrogens (tertiary/aromatic N) is 2. The first-order chi connectivity index (χ1) is 19.8. The number of nitrogens with one attached hydrogen (secondary N) is 1. The van der Waals surface area contributed by atoms with Crippen molar-refractivity contribution in [3.63, 3.8) is 0 Å². The molecule has 2 fully saturated rings. The van der Waals surface area contributed by atoms with E-state index < -0.39 is 12.1 Å². The van der Waals surface area contributed by atoms with Crippen LogP contribution in [0.2, 0.25) is 5.02 Å². The first kappa shape index (κ1) is 26.6. The van der Waals surface area contributed by atoms with Crippen LogP contribution in [0.3, 0.4) is 0 Å². The standard InChI is InChI=1S/C33H36ClN3O4/c1-17(2)31(36-33(39)40-3)32(38)37-28-6-4-5-19(28)13-29(37)27-15-25-23-12-20-16-41-30-14-21(34)8-9-22(30)24(20)11-18(23)7-10-26(25)35-27/h8-9,11-12,14,17,19,28-29,31H,4-7,10,13,15-16H2,1-3H3,(H,36,39)/t19-,28-,29-,31?/m0/s1. The van der Waals surface area contributed by atoms with E-state index in [9.17, 15) is 9.59 Å². The largest absolute Gasteiger partial charge is 0.488 e. The number of rotatable bonds is 4. The van der Waals surface area contributed by atoms with Crippen molar-refractivity contribution in [2.75, 3.05) is 7.11 Å². The summed E-state index contributed by atoms with van der Waals surface area (Å²) in [6, 6.07) is 10.0. The first-order valence-corrected chi connectivity index (χ1v) is 15.2. The Kier molecular flexibility index (Phi) is 6.61. The Hall–Kier alpha value is -3.32. The maximum absolute atomic E-state index is 14.1. The topological polar surface area (TPSA) is 80.2 Å². The Morgan fingerprint density at radius 2 is 1.93 bits per heavy atom. The van der Waals surface area contributed by atoms with E-state index >= 15 is 0 Å². The molecule has 5 aliphatic rings. The van der Waals surface area contributed by atoms with Crippen molar-refractivity contribution < 1.29 is 19.1 Å². The molecule has 214 valence electrons. The second-order valence-electron chi connectivity index (χ2n) is 12.4. The Bertz CT molecular complexity index is 1510. The molecule has 2 aliphatic carbocycles. The van der Waals surface area contributed by atoms with Gasteiger partial charge in [0.05, 0.1) is 13.2 Å². The van der Waals surface area contributed by atoms with Crippen molar-refractivity contribution in [1.82, 2.24) is 10.2 Å². The molecule has 0 aromatic heterocycles. The van der Waals surface area contributed by atoms with Crippen LogP contribution in [-0.4, -0.2) is 47.8 Å². The Morgan fingerprint density at radius 3 is 2.73 bits per heavy atom. The van der Waals surface area contributed by atoms with Gasteiger partial charge < -0.3 is 19.7 Å². The molecule has 3 aliphatic heterocycles. The van der Waals surface area contributed by atoms with Crippen LogP contribution in [0.4, 0.5) is 4.79 Å². The van der Waals surface area contributed by atoms with Gasteiger partial charge in [-0.05, 0) is 102 Å². The minimum atomic E-state index is -0.626. The number of amides is 2. The number of carbonyl (C=O) groups is 2. The van der Waals surface area contributed by atoms with E-state index in [1.54, 1.807) is 0 Å². The number of ether oxygens (including phenoxy) is 2. The number of carbonyl (C=O) groups excluding carboxylic acids is 2. The maximum atomic E-state index is 14.1. The van der Waals surface area contributed by atoms with Crippen LogP contribution in [-0.2, 0) is 22.6 Å². The number of aryl methyl sites for hydroxylation is 1. The number of fused-ring (bicyclic) bond motifs is 6. The molecule has 0 radical (unpaired) electrons. The summed E-state index contributed by atoms with van der Waals surface area (Å²) in [7, 11) is 1.34. The number of halogens is 1. The highest BCUT2D eigenvalue weighted by Gasteiger charge is 2.50. The lowest BCUT2D eigenvalue weighted by atomic mass is 9.82. The molecule has 1 saturated heterocycles. The summed E-state index contributed by atoms with van der Waals surface area (Å²) in [5, 5.41) is 3.49. The molecular weight excluding hydrogens is 538 g/mol. The zero-order chi connectivity index (χ0) is 28.4. The van der Waals surface area contributed by atoms with Gasteiger partial charge in [-0.15, -0.1) is 0 Å². The molecule has 1 saturated carbocycles. The van der Waals surface area contributed by atoms with Crippen LogP contribution in [0.25, 0.3) is 16.7 Å². The smallest absolute Gasteiger partial charge is 0.407 e. The van der Waals surface area contributed by atoms with Gasteiger partial charge in [-0.2, -0.15) is 0 Å². The zero-order valence-corrected chi connectivity index (χ0v) is 24.6. The molecule has 2 aromatic carbocycles. The predicted molar refractivity (Wildman–Crippen MR) is 159 cm³/mol. The van der Waals surface area contributed by atoms with E-state index in [1.165, 1.54) is 34.9 Å². The third-order valence-corrected chi connectivity index (χ3v) is 9.99. The molecule has 41 heavy (non-hydrogen) atoms. The monoisotopic (exact) mass is 573 g/mol. The average Bonchev–Trinajstić information content (AvgIpc) is 3.68. The fraction of sp³-hybridized carbons (Fsp3) is 0.485. The predicted octanol–water partition coefficient (Wildman–Crippen LogP) is 6.55. The minimum Gasteiger partial charge on any atom is -0.488 e. The molecule has 7 nitrogen and oxygen atoms in total. The van der Waals surface area contributed by atoms with Crippen molar-refractivity contribution in [2.24, 2.45) is 16.8 Å². The van der Waals surface area contributed by atoms with E-state index in [2.05, 4.69) is 28.4 Å². The molecule has 0 spiro atoms. The lowest BCUT2D eigenvalue weighted by Crippen LogP contribution is -2.55. The van der Waals surface area contributed by atoms with Crippen LogP contribution < -0.4 is 10.1 Å². The first-order valence-electron chi connectivity index (χ1n) is 14.9. The minimum absolute atomic E-state index is 0.0113. The summed E-state index contributed by atoms with van der Waals surface area (Å²) in [6.45, 7) is 4.46. The summed E-state index contributed by atoms with van der Waals surface area (Å²) in [5.41, 5.74) is 9.67.